The van der Waals surface area contributed by atoms with E-state index in [-0.39, 0.29) is 11.8 Å². The number of benzene rings is 1. The zero-order valence-electron chi connectivity index (χ0n) is 14.5. The van der Waals surface area contributed by atoms with E-state index in [4.69, 9.17) is 0 Å². The minimum absolute atomic E-state index is 0.0873. The Morgan fingerprint density at radius 2 is 1.73 bits per heavy atom. The molecule has 0 bridgehead atoms. The Morgan fingerprint density at radius 3 is 2.27 bits per heavy atom. The van der Waals surface area contributed by atoms with Crippen LogP contribution in [-0.2, 0) is 10.7 Å². The Kier molecular flexibility index (Phi) is 4.97. The molecule has 26 heavy (non-hydrogen) atoms. The van der Waals surface area contributed by atoms with Gasteiger partial charge in [0.1, 0.15) is 18.5 Å². The molecule has 0 aliphatic carbocycles. The molecular formula is C17H20F3N4OP. The van der Waals surface area contributed by atoms with Crippen molar-refractivity contribution in [3.05, 3.63) is 36.0 Å². The molecule has 1 aliphatic rings. The molecule has 0 amide bonds. The molecule has 0 spiro atoms. The van der Waals surface area contributed by atoms with Crippen LogP contribution in [-0.4, -0.2) is 36.4 Å². The SMILES string of the molecule is CP(C)(=O)c1ccc(Nc2ncc(C(F)(F)F)c(N3CCCC3)n2)cc1. The number of halogens is 3. The summed E-state index contributed by atoms with van der Waals surface area (Å²) in [6.45, 7) is 4.46. The Morgan fingerprint density at radius 1 is 1.12 bits per heavy atom. The van der Waals surface area contributed by atoms with Crippen molar-refractivity contribution in [2.75, 3.05) is 36.6 Å². The molecule has 0 saturated carbocycles. The van der Waals surface area contributed by atoms with E-state index in [2.05, 4.69) is 15.3 Å². The first-order valence-electron chi connectivity index (χ1n) is 8.26. The summed E-state index contributed by atoms with van der Waals surface area (Å²) in [7, 11) is -2.36. The van der Waals surface area contributed by atoms with Gasteiger partial charge in [-0.3, -0.25) is 0 Å². The third-order valence-corrected chi connectivity index (χ3v) is 5.77. The summed E-state index contributed by atoms with van der Waals surface area (Å²) in [5.74, 6) is 0.0135. The van der Waals surface area contributed by atoms with Gasteiger partial charge in [0.2, 0.25) is 5.95 Å². The maximum absolute atomic E-state index is 13.3. The molecular weight excluding hydrogens is 364 g/mol. The van der Waals surface area contributed by atoms with Gasteiger partial charge in [0.25, 0.3) is 0 Å². The average Bonchev–Trinajstić information content (AvgIpc) is 3.08. The number of nitrogens with zero attached hydrogens (tertiary/aromatic N) is 3. The number of anilines is 3. The van der Waals surface area contributed by atoms with Crippen LogP contribution < -0.4 is 15.5 Å². The van der Waals surface area contributed by atoms with Crippen LogP contribution >= 0.6 is 7.14 Å². The zero-order valence-corrected chi connectivity index (χ0v) is 15.4. The Balaban J connectivity index is 1.88. The van der Waals surface area contributed by atoms with Gasteiger partial charge in [-0.15, -0.1) is 0 Å². The van der Waals surface area contributed by atoms with Crippen molar-refractivity contribution in [2.24, 2.45) is 0 Å². The summed E-state index contributed by atoms with van der Waals surface area (Å²) in [4.78, 5) is 9.58. The summed E-state index contributed by atoms with van der Waals surface area (Å²) in [5.41, 5.74) is -0.201. The van der Waals surface area contributed by atoms with Crippen molar-refractivity contribution in [2.45, 2.75) is 19.0 Å². The Bertz CT molecular complexity index is 827. The van der Waals surface area contributed by atoms with E-state index in [9.17, 15) is 17.7 Å². The van der Waals surface area contributed by atoms with Crippen LogP contribution in [0.5, 0.6) is 0 Å². The van der Waals surface area contributed by atoms with Gasteiger partial charge in [-0.2, -0.15) is 18.2 Å². The maximum Gasteiger partial charge on any atom is 0.421 e. The van der Waals surface area contributed by atoms with Gasteiger partial charge in [0.15, 0.2) is 0 Å². The molecule has 9 heteroatoms. The summed E-state index contributed by atoms with van der Waals surface area (Å²) < 4.78 is 51.8. The van der Waals surface area contributed by atoms with E-state index in [0.29, 0.717) is 18.8 Å². The molecule has 1 aromatic heterocycles. The second-order valence-corrected chi connectivity index (χ2v) is 9.86. The standard InChI is InChI=1S/C17H20F3N4OP/c1-26(2,25)13-7-5-12(6-8-13)22-16-21-11-14(17(18,19)20)15(23-16)24-9-3-4-10-24/h5-8,11H,3-4,9-10H2,1-2H3,(H,21,22,23). The van der Waals surface area contributed by atoms with Crippen molar-refractivity contribution in [1.29, 1.82) is 0 Å². The normalized spacial score (nSPS) is 15.3. The topological polar surface area (TPSA) is 58.1 Å². The van der Waals surface area contributed by atoms with Crippen LogP contribution in [0.3, 0.4) is 0 Å². The van der Waals surface area contributed by atoms with E-state index >= 15 is 0 Å². The first-order chi connectivity index (χ1) is 12.1. The minimum atomic E-state index is -4.50. The van der Waals surface area contributed by atoms with Crippen molar-refractivity contribution in [3.63, 3.8) is 0 Å². The highest BCUT2D eigenvalue weighted by atomic mass is 31.2. The van der Waals surface area contributed by atoms with Crippen molar-refractivity contribution >= 4 is 29.9 Å². The summed E-state index contributed by atoms with van der Waals surface area (Å²) in [6.07, 6.45) is -1.98. The van der Waals surface area contributed by atoms with Gasteiger partial charge in [0, 0.05) is 30.3 Å². The van der Waals surface area contributed by atoms with Gasteiger partial charge in [-0.05, 0) is 50.4 Å². The highest BCUT2D eigenvalue weighted by Crippen LogP contribution is 2.37. The summed E-state index contributed by atoms with van der Waals surface area (Å²) in [5, 5.41) is 3.65. The van der Waals surface area contributed by atoms with Crippen LogP contribution in [0.15, 0.2) is 30.5 Å². The second kappa shape index (κ2) is 6.91. The lowest BCUT2D eigenvalue weighted by atomic mass is 10.3. The van der Waals surface area contributed by atoms with Crippen LogP contribution in [0.2, 0.25) is 0 Å². The molecule has 1 aromatic carbocycles. The third kappa shape index (κ3) is 4.18. The van der Waals surface area contributed by atoms with Gasteiger partial charge < -0.3 is 14.8 Å². The zero-order chi connectivity index (χ0) is 18.9. The minimum Gasteiger partial charge on any atom is -0.356 e. The van der Waals surface area contributed by atoms with Crippen LogP contribution in [0.1, 0.15) is 18.4 Å². The van der Waals surface area contributed by atoms with E-state index in [1.807, 2.05) is 0 Å². The van der Waals surface area contributed by atoms with E-state index in [1.54, 1.807) is 42.5 Å². The lowest BCUT2D eigenvalue weighted by Crippen LogP contribution is -2.24. The van der Waals surface area contributed by atoms with Crippen molar-refractivity contribution < 1.29 is 17.7 Å². The molecule has 0 atom stereocenters. The first-order valence-corrected chi connectivity index (χ1v) is 10.9. The molecule has 2 heterocycles. The predicted molar refractivity (Wildman–Crippen MR) is 97.3 cm³/mol. The fourth-order valence-corrected chi connectivity index (χ4v) is 3.70. The molecule has 1 saturated heterocycles. The molecule has 3 rings (SSSR count). The molecule has 5 nitrogen and oxygen atoms in total. The van der Waals surface area contributed by atoms with Crippen LogP contribution in [0.4, 0.5) is 30.6 Å². The largest absolute Gasteiger partial charge is 0.421 e. The monoisotopic (exact) mass is 384 g/mol. The molecule has 140 valence electrons. The maximum atomic E-state index is 13.3. The van der Waals surface area contributed by atoms with Gasteiger partial charge in [-0.25, -0.2) is 4.98 Å². The molecule has 0 radical (unpaired) electrons. The molecule has 0 unspecified atom stereocenters. The van der Waals surface area contributed by atoms with Gasteiger partial charge in [-0.1, -0.05) is 0 Å². The summed E-state index contributed by atoms with van der Waals surface area (Å²) in [6, 6.07) is 6.89. The van der Waals surface area contributed by atoms with Gasteiger partial charge in [0.05, 0.1) is 0 Å². The fraction of sp³-hybridized carbons (Fsp3) is 0.412. The number of rotatable bonds is 4. The number of aromatic nitrogens is 2. The quantitative estimate of drug-likeness (QED) is 0.805. The van der Waals surface area contributed by atoms with Crippen molar-refractivity contribution in [1.82, 2.24) is 9.97 Å². The third-order valence-electron chi connectivity index (χ3n) is 4.22. The smallest absolute Gasteiger partial charge is 0.356 e. The summed E-state index contributed by atoms with van der Waals surface area (Å²) >= 11 is 0. The molecule has 2 aromatic rings. The van der Waals surface area contributed by atoms with Gasteiger partial charge >= 0.3 is 6.18 Å². The highest BCUT2D eigenvalue weighted by Gasteiger charge is 2.37. The number of nitrogens with one attached hydrogen (secondary N) is 1. The number of hydrogen-bond donors (Lipinski definition) is 1. The molecule has 1 N–H and O–H groups in total. The lowest BCUT2D eigenvalue weighted by Gasteiger charge is -2.21. The Labute approximate surface area is 150 Å². The van der Waals surface area contributed by atoms with E-state index in [1.165, 1.54) is 0 Å². The number of hydrogen-bond acceptors (Lipinski definition) is 5. The Hall–Kier alpha value is -2.08. The molecule has 1 fully saturated rings. The van der Waals surface area contributed by atoms with E-state index < -0.39 is 18.9 Å². The van der Waals surface area contributed by atoms with Crippen LogP contribution in [0.25, 0.3) is 0 Å². The average molecular weight is 384 g/mol. The fourth-order valence-electron chi connectivity index (χ4n) is 2.84. The predicted octanol–water partition coefficient (Wildman–Crippen LogP) is 4.09. The first kappa shape index (κ1) is 18.7. The molecule has 1 aliphatic heterocycles. The lowest BCUT2D eigenvalue weighted by molar-refractivity contribution is -0.137. The highest BCUT2D eigenvalue weighted by molar-refractivity contribution is 7.70. The number of alkyl halides is 3. The second-order valence-electron chi connectivity index (χ2n) is 6.65. The van der Waals surface area contributed by atoms with Crippen LogP contribution in [0, 0.1) is 0 Å². The van der Waals surface area contributed by atoms with E-state index in [0.717, 1.165) is 24.3 Å². The van der Waals surface area contributed by atoms with Crippen molar-refractivity contribution in [3.8, 4) is 0 Å².